The summed E-state index contributed by atoms with van der Waals surface area (Å²) in [5.74, 6) is -0.174. The summed E-state index contributed by atoms with van der Waals surface area (Å²) in [6.45, 7) is 3.48. The highest BCUT2D eigenvalue weighted by Gasteiger charge is 2.13. The van der Waals surface area contributed by atoms with Crippen molar-refractivity contribution in [3.63, 3.8) is 0 Å². The van der Waals surface area contributed by atoms with E-state index in [1.165, 1.54) is 7.11 Å². The van der Waals surface area contributed by atoms with Crippen molar-refractivity contribution >= 4 is 18.4 Å². The minimum atomic E-state index is -0.174. The molecule has 1 aliphatic rings. The summed E-state index contributed by atoms with van der Waals surface area (Å²) in [5.41, 5.74) is 0. The van der Waals surface area contributed by atoms with Crippen LogP contribution in [0.5, 0.6) is 0 Å². The Bertz CT molecular complexity index is 137. The second-order valence-corrected chi connectivity index (χ2v) is 2.46. The van der Waals surface area contributed by atoms with Crippen molar-refractivity contribution in [2.45, 2.75) is 0 Å². The van der Waals surface area contributed by atoms with Crippen LogP contribution in [0.2, 0.25) is 0 Å². The van der Waals surface area contributed by atoms with Gasteiger partial charge in [-0.3, -0.25) is 9.69 Å². The van der Waals surface area contributed by atoms with Gasteiger partial charge in [-0.1, -0.05) is 0 Å². The van der Waals surface area contributed by atoms with Crippen molar-refractivity contribution in [1.29, 1.82) is 0 Å². The molecule has 0 atom stereocenters. The number of rotatable bonds is 2. The van der Waals surface area contributed by atoms with Crippen molar-refractivity contribution in [1.82, 2.24) is 4.90 Å². The lowest BCUT2D eigenvalue weighted by atomic mass is 10.4. The number of morpholine rings is 1. The third kappa shape index (κ3) is 3.90. The minimum Gasteiger partial charge on any atom is -0.468 e. The lowest BCUT2D eigenvalue weighted by molar-refractivity contribution is -0.142. The molecule has 12 heavy (non-hydrogen) atoms. The minimum absolute atomic E-state index is 0. The van der Waals surface area contributed by atoms with E-state index in [-0.39, 0.29) is 18.4 Å². The van der Waals surface area contributed by atoms with E-state index in [0.717, 1.165) is 26.3 Å². The third-order valence-electron chi connectivity index (χ3n) is 1.68. The zero-order valence-electron chi connectivity index (χ0n) is 7.12. The number of carbonyl (C=O) groups is 1. The third-order valence-corrected chi connectivity index (χ3v) is 1.68. The Labute approximate surface area is 78.2 Å². The van der Waals surface area contributed by atoms with Crippen LogP contribution in [0.15, 0.2) is 0 Å². The summed E-state index contributed by atoms with van der Waals surface area (Å²) in [5, 5.41) is 0. The summed E-state index contributed by atoms with van der Waals surface area (Å²) in [6, 6.07) is 0. The van der Waals surface area contributed by atoms with Crippen molar-refractivity contribution in [3.05, 3.63) is 0 Å². The monoisotopic (exact) mass is 195 g/mol. The number of nitrogens with zero attached hydrogens (tertiary/aromatic N) is 1. The molecule has 0 aromatic heterocycles. The van der Waals surface area contributed by atoms with E-state index in [4.69, 9.17) is 4.74 Å². The SMILES string of the molecule is COC(=O)CN1CCOCC1.Cl. The van der Waals surface area contributed by atoms with E-state index in [1.807, 2.05) is 4.90 Å². The average molecular weight is 196 g/mol. The quantitative estimate of drug-likeness (QED) is 0.578. The molecule has 0 aromatic carbocycles. The number of carbonyl (C=O) groups excluding carboxylic acids is 1. The molecule has 0 N–H and O–H groups in total. The molecule has 0 bridgehead atoms. The Balaban J connectivity index is 0.00000121. The molecule has 0 radical (unpaired) electrons. The first-order valence-corrected chi connectivity index (χ1v) is 3.70. The van der Waals surface area contributed by atoms with Gasteiger partial charge in [0, 0.05) is 13.1 Å². The van der Waals surface area contributed by atoms with Gasteiger partial charge in [-0.2, -0.15) is 0 Å². The van der Waals surface area contributed by atoms with Gasteiger partial charge in [-0.25, -0.2) is 0 Å². The van der Waals surface area contributed by atoms with E-state index in [9.17, 15) is 4.79 Å². The molecule has 0 aromatic rings. The van der Waals surface area contributed by atoms with E-state index >= 15 is 0 Å². The lowest BCUT2D eigenvalue weighted by Gasteiger charge is -2.24. The van der Waals surface area contributed by atoms with Crippen molar-refractivity contribution in [2.24, 2.45) is 0 Å². The molecule has 1 heterocycles. The number of methoxy groups -OCH3 is 1. The van der Waals surface area contributed by atoms with Crippen LogP contribution in [0, 0.1) is 0 Å². The van der Waals surface area contributed by atoms with Gasteiger partial charge in [0.2, 0.25) is 0 Å². The topological polar surface area (TPSA) is 38.8 Å². The van der Waals surface area contributed by atoms with Crippen LogP contribution in [-0.4, -0.2) is 50.8 Å². The highest BCUT2D eigenvalue weighted by atomic mass is 35.5. The zero-order chi connectivity index (χ0) is 8.10. The molecular weight excluding hydrogens is 182 g/mol. The predicted octanol–water partition coefficient (Wildman–Crippen LogP) is -0.0866. The molecule has 5 heteroatoms. The standard InChI is InChI=1S/C7H13NO3.ClH/c1-10-7(9)6-8-2-4-11-5-3-8;/h2-6H2,1H3;1H. The molecule has 0 saturated carbocycles. The fraction of sp³-hybridized carbons (Fsp3) is 0.857. The van der Waals surface area contributed by atoms with Gasteiger partial charge < -0.3 is 9.47 Å². The number of halogens is 1. The van der Waals surface area contributed by atoms with E-state index in [0.29, 0.717) is 6.54 Å². The first-order valence-electron chi connectivity index (χ1n) is 3.70. The molecule has 0 unspecified atom stereocenters. The Morgan fingerprint density at radius 3 is 2.58 bits per heavy atom. The highest BCUT2D eigenvalue weighted by Crippen LogP contribution is 1.95. The molecule has 0 spiro atoms. The van der Waals surface area contributed by atoms with Crippen LogP contribution in [0.3, 0.4) is 0 Å². The summed E-state index contributed by atoms with van der Waals surface area (Å²) in [4.78, 5) is 12.8. The maximum Gasteiger partial charge on any atom is 0.319 e. The molecule has 1 fully saturated rings. The first kappa shape index (κ1) is 11.7. The molecule has 4 nitrogen and oxygen atoms in total. The molecule has 1 saturated heterocycles. The number of esters is 1. The van der Waals surface area contributed by atoms with Crippen LogP contribution in [0.1, 0.15) is 0 Å². The Morgan fingerprint density at radius 2 is 2.08 bits per heavy atom. The number of hydrogen-bond acceptors (Lipinski definition) is 4. The number of ether oxygens (including phenoxy) is 2. The van der Waals surface area contributed by atoms with Crippen molar-refractivity contribution < 1.29 is 14.3 Å². The average Bonchev–Trinajstić information content (AvgIpc) is 2.06. The second-order valence-electron chi connectivity index (χ2n) is 2.46. The Kier molecular flexibility index (Phi) is 6.06. The van der Waals surface area contributed by atoms with Crippen molar-refractivity contribution in [3.8, 4) is 0 Å². The Hall–Kier alpha value is -0.320. The molecule has 1 aliphatic heterocycles. The predicted molar refractivity (Wildman–Crippen MR) is 46.5 cm³/mol. The number of hydrogen-bond donors (Lipinski definition) is 0. The smallest absolute Gasteiger partial charge is 0.319 e. The van der Waals surface area contributed by atoms with Crippen LogP contribution < -0.4 is 0 Å². The van der Waals surface area contributed by atoms with Gasteiger partial charge in [0.25, 0.3) is 0 Å². The molecule has 72 valence electrons. The van der Waals surface area contributed by atoms with Gasteiger partial charge in [0.15, 0.2) is 0 Å². The summed E-state index contributed by atoms with van der Waals surface area (Å²) < 4.78 is 9.65. The summed E-state index contributed by atoms with van der Waals surface area (Å²) in [7, 11) is 1.41. The van der Waals surface area contributed by atoms with E-state index in [1.54, 1.807) is 0 Å². The van der Waals surface area contributed by atoms with Crippen LogP contribution >= 0.6 is 12.4 Å². The largest absolute Gasteiger partial charge is 0.468 e. The van der Waals surface area contributed by atoms with Crippen LogP contribution in [0.25, 0.3) is 0 Å². The summed E-state index contributed by atoms with van der Waals surface area (Å²) in [6.07, 6.45) is 0. The maximum absolute atomic E-state index is 10.8. The first-order chi connectivity index (χ1) is 5.33. The van der Waals surface area contributed by atoms with Crippen LogP contribution in [-0.2, 0) is 14.3 Å². The van der Waals surface area contributed by atoms with Crippen molar-refractivity contribution in [2.75, 3.05) is 40.0 Å². The molecule has 0 amide bonds. The van der Waals surface area contributed by atoms with Crippen LogP contribution in [0.4, 0.5) is 0 Å². The fourth-order valence-corrected chi connectivity index (χ4v) is 1.01. The molecular formula is C7H14ClNO3. The normalized spacial score (nSPS) is 18.1. The molecule has 0 aliphatic carbocycles. The fourth-order valence-electron chi connectivity index (χ4n) is 1.01. The zero-order valence-corrected chi connectivity index (χ0v) is 7.93. The van der Waals surface area contributed by atoms with Gasteiger partial charge in [0.1, 0.15) is 0 Å². The van der Waals surface area contributed by atoms with Gasteiger partial charge in [-0.15, -0.1) is 12.4 Å². The van der Waals surface area contributed by atoms with Gasteiger partial charge >= 0.3 is 5.97 Å². The van der Waals surface area contributed by atoms with E-state index in [2.05, 4.69) is 4.74 Å². The van der Waals surface area contributed by atoms with Gasteiger partial charge in [-0.05, 0) is 0 Å². The maximum atomic E-state index is 10.8. The summed E-state index contributed by atoms with van der Waals surface area (Å²) >= 11 is 0. The van der Waals surface area contributed by atoms with E-state index < -0.39 is 0 Å². The van der Waals surface area contributed by atoms with Gasteiger partial charge in [0.05, 0.1) is 26.9 Å². The molecule has 1 rings (SSSR count). The lowest BCUT2D eigenvalue weighted by Crippen LogP contribution is -2.39. The highest BCUT2D eigenvalue weighted by molar-refractivity contribution is 5.85. The second kappa shape index (κ2) is 6.22. The Morgan fingerprint density at radius 1 is 1.50 bits per heavy atom.